The highest BCUT2D eigenvalue weighted by Crippen LogP contribution is 2.30. The van der Waals surface area contributed by atoms with Gasteiger partial charge in [-0.05, 0) is 19.3 Å². The Morgan fingerprint density at radius 1 is 1.27 bits per heavy atom. The molecule has 0 saturated carbocycles. The summed E-state index contributed by atoms with van der Waals surface area (Å²) >= 11 is 0.690. The standard InChI is InChI=1S/C12H23NO10S3/c1-25(18)5-3-2-4-8(13-23-26(19,20)21)24-12-11(17)10(16)9(15)7(6-14)22-12/h7,9-12,14-17H,2-6H2,1H3,(H,19,20,21)/p-1/b13-8-/t7?,9-,10-,11?,12-,25-/m0/s1. The molecule has 0 aliphatic carbocycles. The molecule has 0 aromatic rings. The number of nitrogens with zero attached hydrogens (tertiary/aromatic N) is 1. The number of rotatable bonds is 9. The van der Waals surface area contributed by atoms with Crippen molar-refractivity contribution in [3.8, 4) is 0 Å². The Hall–Kier alpha value is -0.320. The third-order valence-electron chi connectivity index (χ3n) is 3.40. The van der Waals surface area contributed by atoms with E-state index in [4.69, 9.17) is 9.84 Å². The molecule has 6 atom stereocenters. The fourth-order valence-electron chi connectivity index (χ4n) is 2.09. The van der Waals surface area contributed by atoms with Gasteiger partial charge < -0.3 is 29.7 Å². The van der Waals surface area contributed by atoms with Gasteiger partial charge in [0, 0.05) is 22.8 Å². The molecule has 0 bridgehead atoms. The molecular formula is C12H22NO10S3-. The Bertz CT molecular complexity index is 596. The minimum atomic E-state index is -5.08. The molecule has 0 aromatic carbocycles. The Balaban J connectivity index is 2.80. The van der Waals surface area contributed by atoms with Crippen molar-refractivity contribution in [1.82, 2.24) is 0 Å². The molecule has 1 aliphatic rings. The van der Waals surface area contributed by atoms with Gasteiger partial charge in [-0.1, -0.05) is 16.9 Å². The fourth-order valence-corrected chi connectivity index (χ4v) is 4.04. The monoisotopic (exact) mass is 436 g/mol. The van der Waals surface area contributed by atoms with Crippen LogP contribution in [0.4, 0.5) is 0 Å². The van der Waals surface area contributed by atoms with E-state index in [1.54, 1.807) is 0 Å². The van der Waals surface area contributed by atoms with Crippen LogP contribution in [0.2, 0.25) is 0 Å². The van der Waals surface area contributed by atoms with Gasteiger partial charge in [0.05, 0.1) is 6.61 Å². The minimum absolute atomic E-state index is 0.0179. The van der Waals surface area contributed by atoms with Crippen molar-refractivity contribution >= 4 is 38.0 Å². The van der Waals surface area contributed by atoms with Crippen LogP contribution in [0.3, 0.4) is 0 Å². The predicted octanol–water partition coefficient (Wildman–Crippen LogP) is -2.14. The summed E-state index contributed by atoms with van der Waals surface area (Å²) in [5.41, 5.74) is -1.19. The summed E-state index contributed by atoms with van der Waals surface area (Å²) in [4.78, 5) is 0. The zero-order chi connectivity index (χ0) is 19.9. The maximum Gasteiger partial charge on any atom is 0.284 e. The van der Waals surface area contributed by atoms with Gasteiger partial charge in [-0.3, -0.25) is 8.49 Å². The van der Waals surface area contributed by atoms with Gasteiger partial charge in [-0.15, -0.1) is 0 Å². The van der Waals surface area contributed by atoms with E-state index in [2.05, 4.69) is 9.44 Å². The average molecular weight is 437 g/mol. The number of ether oxygens (including phenoxy) is 1. The number of oxime groups is 1. The van der Waals surface area contributed by atoms with Crippen molar-refractivity contribution in [3.05, 3.63) is 0 Å². The lowest BCUT2D eigenvalue weighted by Crippen LogP contribution is -2.57. The molecule has 2 unspecified atom stereocenters. The highest BCUT2D eigenvalue weighted by molar-refractivity contribution is 8.14. The molecule has 1 rings (SSSR count). The molecule has 4 N–H and O–H groups in total. The average Bonchev–Trinajstić information content (AvgIpc) is 2.55. The van der Waals surface area contributed by atoms with Crippen LogP contribution in [-0.4, -0.2) is 91.1 Å². The van der Waals surface area contributed by atoms with Crippen molar-refractivity contribution in [2.24, 2.45) is 5.16 Å². The molecule has 0 amide bonds. The van der Waals surface area contributed by atoms with Crippen molar-refractivity contribution in [2.75, 3.05) is 18.6 Å². The molecule has 11 nitrogen and oxygen atoms in total. The largest absolute Gasteiger partial charge is 0.714 e. The first-order valence-corrected chi connectivity index (χ1v) is 11.5. The predicted molar refractivity (Wildman–Crippen MR) is 92.4 cm³/mol. The third-order valence-corrected chi connectivity index (χ3v) is 5.70. The normalized spacial score (nSPS) is 31.6. The number of aliphatic hydroxyl groups is 4. The summed E-state index contributed by atoms with van der Waals surface area (Å²) in [6.07, 6.45) is -3.21. The van der Waals surface area contributed by atoms with Crippen LogP contribution in [0, 0.1) is 0 Å². The quantitative estimate of drug-likeness (QED) is 0.0771. The highest BCUT2D eigenvalue weighted by atomic mass is 32.3. The zero-order valence-electron chi connectivity index (χ0n) is 13.8. The van der Waals surface area contributed by atoms with Gasteiger partial charge in [-0.2, -0.15) is 8.42 Å². The molecule has 0 spiro atoms. The van der Waals surface area contributed by atoms with E-state index in [1.165, 1.54) is 6.26 Å². The van der Waals surface area contributed by atoms with E-state index in [-0.39, 0.29) is 11.5 Å². The van der Waals surface area contributed by atoms with Crippen LogP contribution >= 0.6 is 11.8 Å². The maximum absolute atomic E-state index is 11.0. The number of hydrogen-bond donors (Lipinski definition) is 4. The van der Waals surface area contributed by atoms with Crippen LogP contribution in [0.15, 0.2) is 5.16 Å². The van der Waals surface area contributed by atoms with Gasteiger partial charge >= 0.3 is 0 Å². The zero-order valence-corrected chi connectivity index (χ0v) is 16.3. The molecule has 154 valence electrons. The van der Waals surface area contributed by atoms with Gasteiger partial charge in [0.25, 0.3) is 10.4 Å². The molecule has 1 saturated heterocycles. The molecule has 1 heterocycles. The van der Waals surface area contributed by atoms with E-state index in [1.807, 2.05) is 0 Å². The van der Waals surface area contributed by atoms with Crippen LogP contribution in [0.5, 0.6) is 0 Å². The van der Waals surface area contributed by atoms with E-state index in [0.717, 1.165) is 0 Å². The number of aliphatic hydroxyl groups excluding tert-OH is 4. The molecule has 1 fully saturated rings. The molecule has 14 heteroatoms. The maximum atomic E-state index is 11.0. The summed E-state index contributed by atoms with van der Waals surface area (Å²) < 4.78 is 51.9. The third kappa shape index (κ3) is 8.14. The van der Waals surface area contributed by atoms with Crippen LogP contribution in [0.25, 0.3) is 0 Å². The molecule has 1 aliphatic heterocycles. The van der Waals surface area contributed by atoms with Gasteiger partial charge in [0.15, 0.2) is 0 Å². The molecule has 0 aromatic heterocycles. The lowest BCUT2D eigenvalue weighted by atomic mass is 10.0. The second-order valence-electron chi connectivity index (χ2n) is 5.52. The molecular weight excluding hydrogens is 414 g/mol. The van der Waals surface area contributed by atoms with E-state index in [0.29, 0.717) is 30.4 Å². The van der Waals surface area contributed by atoms with Gasteiger partial charge in [0.2, 0.25) is 0 Å². The molecule has 0 radical (unpaired) electrons. The summed E-state index contributed by atoms with van der Waals surface area (Å²) in [5, 5.41) is 41.9. The lowest BCUT2D eigenvalue weighted by Gasteiger charge is -2.39. The number of unbranched alkanes of at least 4 members (excludes halogenated alkanes) is 1. The Morgan fingerprint density at radius 3 is 2.46 bits per heavy atom. The number of thioether (sulfide) groups is 1. The molecule has 26 heavy (non-hydrogen) atoms. The fraction of sp³-hybridized carbons (Fsp3) is 0.917. The van der Waals surface area contributed by atoms with E-state index in [9.17, 15) is 32.5 Å². The number of hydrogen-bond acceptors (Lipinski definition) is 12. The van der Waals surface area contributed by atoms with Crippen molar-refractivity contribution in [3.63, 3.8) is 0 Å². The summed E-state index contributed by atoms with van der Waals surface area (Å²) in [7, 11) is -6.09. The first kappa shape index (κ1) is 23.7. The Labute approximate surface area is 157 Å². The first-order valence-electron chi connectivity index (χ1n) is 7.53. The SMILES string of the molecule is C[S@](=O)CCCC/C(=N/OS(=O)(=O)[O-])S[C@@H]1OC(CO)[C@H](O)[C@H](O)C1O. The van der Waals surface area contributed by atoms with Crippen LogP contribution in [0.1, 0.15) is 19.3 Å². The lowest BCUT2D eigenvalue weighted by molar-refractivity contribution is -0.205. The van der Waals surface area contributed by atoms with Crippen LogP contribution in [-0.2, 0) is 30.2 Å². The van der Waals surface area contributed by atoms with Crippen molar-refractivity contribution < 1.29 is 46.6 Å². The highest BCUT2D eigenvalue weighted by Gasteiger charge is 2.44. The smallest absolute Gasteiger partial charge is 0.284 e. The summed E-state index contributed by atoms with van der Waals surface area (Å²) in [6.45, 7) is -0.623. The second kappa shape index (κ2) is 10.9. The minimum Gasteiger partial charge on any atom is -0.714 e. The Kier molecular flexibility index (Phi) is 9.92. The van der Waals surface area contributed by atoms with E-state index < -0.39 is 57.7 Å². The van der Waals surface area contributed by atoms with Crippen molar-refractivity contribution in [2.45, 2.75) is 49.1 Å². The van der Waals surface area contributed by atoms with Crippen LogP contribution < -0.4 is 0 Å². The Morgan fingerprint density at radius 2 is 1.92 bits per heavy atom. The topological polar surface area (TPSA) is 186 Å². The van der Waals surface area contributed by atoms with Gasteiger partial charge in [-0.25, -0.2) is 0 Å². The summed E-state index contributed by atoms with van der Waals surface area (Å²) in [5.74, 6) is 0.415. The summed E-state index contributed by atoms with van der Waals surface area (Å²) in [6, 6.07) is 0. The first-order chi connectivity index (χ1) is 12.0. The van der Waals surface area contributed by atoms with E-state index >= 15 is 0 Å². The van der Waals surface area contributed by atoms with Crippen molar-refractivity contribution in [1.29, 1.82) is 0 Å². The van der Waals surface area contributed by atoms with Gasteiger partial charge in [0.1, 0.15) is 34.9 Å². The second-order valence-corrected chi connectivity index (χ2v) is 9.21.